The lowest BCUT2D eigenvalue weighted by atomic mass is 9.54. The summed E-state index contributed by atoms with van der Waals surface area (Å²) in [6.07, 6.45) is 9.37. The van der Waals surface area contributed by atoms with Crippen molar-refractivity contribution in [2.75, 3.05) is 6.79 Å². The fraction of sp³-hybridized carbons (Fsp3) is 0.727. The second-order valence-corrected chi connectivity index (χ2v) is 8.84. The summed E-state index contributed by atoms with van der Waals surface area (Å²) < 4.78 is 12.4. The van der Waals surface area contributed by atoms with Gasteiger partial charge in [0.25, 0.3) is 0 Å². The molecule has 0 aromatic heterocycles. The van der Waals surface area contributed by atoms with Gasteiger partial charge in [0.15, 0.2) is 6.79 Å². The Kier molecular flexibility index (Phi) is 4.36. The van der Waals surface area contributed by atoms with Crippen LogP contribution >= 0.6 is 0 Å². The van der Waals surface area contributed by atoms with Gasteiger partial charge in [0.2, 0.25) is 0 Å². The molecule has 0 aliphatic heterocycles. The first-order valence-corrected chi connectivity index (χ1v) is 9.94. The molecule has 0 N–H and O–H groups in total. The topological polar surface area (TPSA) is 18.5 Å². The Morgan fingerprint density at radius 3 is 2.25 bits per heavy atom. The molecule has 5 rings (SSSR count). The molecule has 0 saturated heterocycles. The van der Waals surface area contributed by atoms with Crippen LogP contribution < -0.4 is 4.74 Å². The van der Waals surface area contributed by atoms with Gasteiger partial charge in [0.05, 0.1) is 5.60 Å². The molecule has 1 aromatic carbocycles. The molecule has 0 heterocycles. The SMILES string of the molecule is CCC(C)c1ccc(OCOC23CC4CC(CC(C4)C2)C3)c(C)c1. The van der Waals surface area contributed by atoms with E-state index < -0.39 is 0 Å². The molecule has 4 fully saturated rings. The predicted octanol–water partition coefficient (Wildman–Crippen LogP) is 5.83. The van der Waals surface area contributed by atoms with Crippen molar-refractivity contribution < 1.29 is 9.47 Å². The Morgan fingerprint density at radius 1 is 1.08 bits per heavy atom. The second kappa shape index (κ2) is 6.37. The molecule has 2 heteroatoms. The van der Waals surface area contributed by atoms with Crippen LogP contribution in [0.15, 0.2) is 18.2 Å². The fourth-order valence-corrected chi connectivity index (χ4v) is 5.80. The Labute approximate surface area is 146 Å². The van der Waals surface area contributed by atoms with Gasteiger partial charge in [-0.2, -0.15) is 0 Å². The lowest BCUT2D eigenvalue weighted by Gasteiger charge is -2.56. The lowest BCUT2D eigenvalue weighted by Crippen LogP contribution is -2.52. The molecule has 4 aliphatic carbocycles. The maximum atomic E-state index is 6.38. The minimum atomic E-state index is 0.138. The second-order valence-electron chi connectivity index (χ2n) is 8.84. The van der Waals surface area contributed by atoms with Gasteiger partial charge in [-0.1, -0.05) is 26.0 Å². The summed E-state index contributed by atoms with van der Waals surface area (Å²) in [5.74, 6) is 4.36. The normalized spacial score (nSPS) is 35.2. The molecule has 0 amide bonds. The number of hydrogen-bond donors (Lipinski definition) is 0. The van der Waals surface area contributed by atoms with Crippen LogP contribution in [0.3, 0.4) is 0 Å². The van der Waals surface area contributed by atoms with E-state index in [-0.39, 0.29) is 5.60 Å². The lowest BCUT2D eigenvalue weighted by molar-refractivity contribution is -0.190. The summed E-state index contributed by atoms with van der Waals surface area (Å²) in [5, 5.41) is 0. The van der Waals surface area contributed by atoms with Crippen molar-refractivity contribution in [3.05, 3.63) is 29.3 Å². The zero-order chi connectivity index (χ0) is 16.7. The molecule has 24 heavy (non-hydrogen) atoms. The zero-order valence-electron chi connectivity index (χ0n) is 15.5. The maximum Gasteiger partial charge on any atom is 0.189 e. The average Bonchev–Trinajstić information content (AvgIpc) is 2.54. The summed E-state index contributed by atoms with van der Waals surface area (Å²) in [7, 11) is 0. The Hall–Kier alpha value is -1.02. The number of benzene rings is 1. The van der Waals surface area contributed by atoms with Crippen molar-refractivity contribution in [2.45, 2.75) is 77.2 Å². The maximum absolute atomic E-state index is 6.38. The summed E-state index contributed by atoms with van der Waals surface area (Å²) in [4.78, 5) is 0. The first-order chi connectivity index (χ1) is 11.6. The smallest absolute Gasteiger partial charge is 0.189 e. The third-order valence-electron chi connectivity index (χ3n) is 6.94. The van der Waals surface area contributed by atoms with Crippen molar-refractivity contribution in [1.29, 1.82) is 0 Å². The summed E-state index contributed by atoms with van der Waals surface area (Å²) >= 11 is 0. The van der Waals surface area contributed by atoms with Gasteiger partial charge in [0, 0.05) is 0 Å². The van der Waals surface area contributed by atoms with Gasteiger partial charge in [0.1, 0.15) is 5.75 Å². The minimum Gasteiger partial charge on any atom is -0.467 e. The molecule has 132 valence electrons. The molecular formula is C22H32O2. The van der Waals surface area contributed by atoms with Gasteiger partial charge >= 0.3 is 0 Å². The van der Waals surface area contributed by atoms with Gasteiger partial charge < -0.3 is 9.47 Å². The van der Waals surface area contributed by atoms with Crippen LogP contribution in [0.2, 0.25) is 0 Å². The van der Waals surface area contributed by atoms with E-state index in [0.29, 0.717) is 12.7 Å². The van der Waals surface area contributed by atoms with E-state index in [9.17, 15) is 0 Å². The Balaban J connectivity index is 1.36. The van der Waals surface area contributed by atoms with Crippen molar-refractivity contribution in [3.8, 4) is 5.75 Å². The molecule has 4 aliphatic rings. The van der Waals surface area contributed by atoms with Gasteiger partial charge in [-0.25, -0.2) is 0 Å². The van der Waals surface area contributed by atoms with Crippen LogP contribution in [0.25, 0.3) is 0 Å². The van der Waals surface area contributed by atoms with E-state index in [0.717, 1.165) is 23.5 Å². The van der Waals surface area contributed by atoms with Gasteiger partial charge in [-0.05, 0) is 92.7 Å². The first kappa shape index (κ1) is 16.4. The predicted molar refractivity (Wildman–Crippen MR) is 97.4 cm³/mol. The molecule has 1 unspecified atom stereocenters. The van der Waals surface area contributed by atoms with Crippen molar-refractivity contribution >= 4 is 0 Å². The quantitative estimate of drug-likeness (QED) is 0.612. The molecule has 0 spiro atoms. The van der Waals surface area contributed by atoms with Crippen LogP contribution in [0.5, 0.6) is 5.75 Å². The number of hydrogen-bond acceptors (Lipinski definition) is 2. The fourth-order valence-electron chi connectivity index (χ4n) is 5.80. The summed E-state index contributed by atoms with van der Waals surface area (Å²) in [5.41, 5.74) is 2.77. The van der Waals surface area contributed by atoms with E-state index >= 15 is 0 Å². The number of rotatable bonds is 6. The number of ether oxygens (including phenoxy) is 2. The van der Waals surface area contributed by atoms with Gasteiger partial charge in [-0.3, -0.25) is 0 Å². The molecule has 1 atom stereocenters. The van der Waals surface area contributed by atoms with E-state index in [1.165, 1.54) is 56.1 Å². The highest BCUT2D eigenvalue weighted by atomic mass is 16.7. The highest BCUT2D eigenvalue weighted by Gasteiger charge is 2.51. The average molecular weight is 328 g/mol. The molecule has 0 radical (unpaired) electrons. The van der Waals surface area contributed by atoms with Crippen molar-refractivity contribution in [1.82, 2.24) is 0 Å². The van der Waals surface area contributed by atoms with Gasteiger partial charge in [-0.15, -0.1) is 0 Å². The third-order valence-corrected chi connectivity index (χ3v) is 6.94. The Bertz CT molecular complexity index is 556. The largest absolute Gasteiger partial charge is 0.467 e. The molecule has 4 saturated carbocycles. The van der Waals surface area contributed by atoms with Crippen LogP contribution in [0.4, 0.5) is 0 Å². The van der Waals surface area contributed by atoms with Crippen LogP contribution in [-0.4, -0.2) is 12.4 Å². The van der Waals surface area contributed by atoms with E-state index in [4.69, 9.17) is 9.47 Å². The molecular weight excluding hydrogens is 296 g/mol. The van der Waals surface area contributed by atoms with E-state index in [1.54, 1.807) is 0 Å². The monoisotopic (exact) mass is 328 g/mol. The molecule has 4 bridgehead atoms. The molecule has 1 aromatic rings. The number of aryl methyl sites for hydroxylation is 1. The minimum absolute atomic E-state index is 0.138. The van der Waals surface area contributed by atoms with E-state index in [2.05, 4.69) is 39.0 Å². The van der Waals surface area contributed by atoms with Crippen LogP contribution in [0.1, 0.15) is 75.8 Å². The van der Waals surface area contributed by atoms with Crippen LogP contribution in [0, 0.1) is 24.7 Å². The van der Waals surface area contributed by atoms with Crippen molar-refractivity contribution in [3.63, 3.8) is 0 Å². The van der Waals surface area contributed by atoms with Crippen LogP contribution in [-0.2, 0) is 4.74 Å². The highest BCUT2D eigenvalue weighted by molar-refractivity contribution is 5.37. The Morgan fingerprint density at radius 2 is 1.71 bits per heavy atom. The van der Waals surface area contributed by atoms with Crippen molar-refractivity contribution in [2.24, 2.45) is 17.8 Å². The summed E-state index contributed by atoms with van der Waals surface area (Å²) in [6, 6.07) is 6.61. The zero-order valence-corrected chi connectivity index (χ0v) is 15.5. The van der Waals surface area contributed by atoms with E-state index in [1.807, 2.05) is 0 Å². The highest BCUT2D eigenvalue weighted by Crippen LogP contribution is 2.57. The summed E-state index contributed by atoms with van der Waals surface area (Å²) in [6.45, 7) is 7.08. The standard InChI is InChI=1S/C22H32O2/c1-4-15(2)20-5-6-21(16(3)7-20)23-14-24-22-11-17-8-18(12-22)10-19(9-17)13-22/h5-7,15,17-19H,4,8-14H2,1-3H3. The first-order valence-electron chi connectivity index (χ1n) is 9.94. The third kappa shape index (κ3) is 3.10. The molecule has 2 nitrogen and oxygen atoms in total.